The van der Waals surface area contributed by atoms with Crippen molar-refractivity contribution in [3.05, 3.63) is 23.3 Å². The zero-order valence-corrected chi connectivity index (χ0v) is 8.80. The summed E-state index contributed by atoms with van der Waals surface area (Å²) < 4.78 is 5.26. The zero-order valence-electron chi connectivity index (χ0n) is 8.80. The smallest absolute Gasteiger partial charge is 0.244 e. The molecule has 1 rings (SSSR count). The fourth-order valence-electron chi connectivity index (χ4n) is 1.25. The normalized spacial score (nSPS) is 15.7. The van der Waals surface area contributed by atoms with Gasteiger partial charge in [-0.05, 0) is 25.8 Å². The molecule has 1 aliphatic heterocycles. The molecule has 0 radical (unpaired) electrons. The minimum absolute atomic E-state index is 0.0310. The predicted molar refractivity (Wildman–Crippen MR) is 56.0 cm³/mol. The standard InChI is InChI=1S/C11H17NO2/c1-9(2)6-11(13)12-7-10-4-3-5-14-8-10/h4,6H,3,5,7-8H2,1-2H3,(H,12,13). The molecule has 0 bridgehead atoms. The van der Waals surface area contributed by atoms with E-state index in [9.17, 15) is 4.79 Å². The first kappa shape index (κ1) is 11.0. The number of hydrogen-bond acceptors (Lipinski definition) is 2. The molecule has 0 saturated carbocycles. The van der Waals surface area contributed by atoms with E-state index in [1.165, 1.54) is 0 Å². The number of carbonyl (C=O) groups is 1. The molecule has 78 valence electrons. The van der Waals surface area contributed by atoms with Gasteiger partial charge in [-0.15, -0.1) is 0 Å². The Bertz CT molecular complexity index is 262. The highest BCUT2D eigenvalue weighted by atomic mass is 16.5. The largest absolute Gasteiger partial charge is 0.377 e. The molecule has 1 heterocycles. The lowest BCUT2D eigenvalue weighted by Gasteiger charge is -2.13. The van der Waals surface area contributed by atoms with E-state index in [2.05, 4.69) is 11.4 Å². The topological polar surface area (TPSA) is 38.3 Å². The van der Waals surface area contributed by atoms with Gasteiger partial charge in [-0.25, -0.2) is 0 Å². The van der Waals surface area contributed by atoms with E-state index in [0.29, 0.717) is 13.2 Å². The molecule has 0 aromatic carbocycles. The van der Waals surface area contributed by atoms with Gasteiger partial charge in [0.15, 0.2) is 0 Å². The van der Waals surface area contributed by atoms with Crippen molar-refractivity contribution in [2.24, 2.45) is 0 Å². The molecule has 3 heteroatoms. The van der Waals surface area contributed by atoms with Crippen LogP contribution in [0, 0.1) is 0 Å². The lowest BCUT2D eigenvalue weighted by molar-refractivity contribution is -0.116. The van der Waals surface area contributed by atoms with Gasteiger partial charge in [-0.2, -0.15) is 0 Å². The Morgan fingerprint density at radius 1 is 1.64 bits per heavy atom. The lowest BCUT2D eigenvalue weighted by atomic mass is 10.2. The Morgan fingerprint density at radius 3 is 3.00 bits per heavy atom. The zero-order chi connectivity index (χ0) is 10.4. The molecule has 0 aromatic heterocycles. The van der Waals surface area contributed by atoms with Crippen LogP contribution in [0.5, 0.6) is 0 Å². The Hall–Kier alpha value is -1.09. The lowest BCUT2D eigenvalue weighted by Crippen LogP contribution is -2.26. The summed E-state index contributed by atoms with van der Waals surface area (Å²) in [6.07, 6.45) is 4.68. The molecule has 0 fully saturated rings. The van der Waals surface area contributed by atoms with Gasteiger partial charge in [0, 0.05) is 12.6 Å². The van der Waals surface area contributed by atoms with E-state index < -0.39 is 0 Å². The highest BCUT2D eigenvalue weighted by molar-refractivity contribution is 5.88. The number of rotatable bonds is 3. The van der Waals surface area contributed by atoms with Gasteiger partial charge in [0.05, 0.1) is 13.2 Å². The van der Waals surface area contributed by atoms with Crippen molar-refractivity contribution in [1.29, 1.82) is 0 Å². The first-order valence-corrected chi connectivity index (χ1v) is 4.87. The van der Waals surface area contributed by atoms with Crippen molar-refractivity contribution in [2.45, 2.75) is 20.3 Å². The maximum absolute atomic E-state index is 11.2. The average molecular weight is 195 g/mol. The number of hydrogen-bond donors (Lipinski definition) is 1. The Balaban J connectivity index is 2.29. The number of carbonyl (C=O) groups excluding carboxylic acids is 1. The Morgan fingerprint density at radius 2 is 2.43 bits per heavy atom. The minimum Gasteiger partial charge on any atom is -0.377 e. The third-order valence-corrected chi connectivity index (χ3v) is 1.89. The highest BCUT2D eigenvalue weighted by Gasteiger charge is 2.04. The number of ether oxygens (including phenoxy) is 1. The molecule has 0 atom stereocenters. The van der Waals surface area contributed by atoms with Crippen molar-refractivity contribution >= 4 is 5.91 Å². The molecule has 0 spiro atoms. The van der Waals surface area contributed by atoms with Crippen LogP contribution in [0.3, 0.4) is 0 Å². The van der Waals surface area contributed by atoms with Crippen LogP contribution in [0.4, 0.5) is 0 Å². The molecule has 0 aliphatic carbocycles. The predicted octanol–water partition coefficient (Wildman–Crippen LogP) is 1.42. The molecule has 0 saturated heterocycles. The second-order valence-electron chi connectivity index (χ2n) is 3.64. The number of amides is 1. The van der Waals surface area contributed by atoms with E-state index in [0.717, 1.165) is 24.2 Å². The fourth-order valence-corrected chi connectivity index (χ4v) is 1.25. The van der Waals surface area contributed by atoms with Crippen LogP contribution in [-0.4, -0.2) is 25.7 Å². The van der Waals surface area contributed by atoms with E-state index in [1.807, 2.05) is 13.8 Å². The van der Waals surface area contributed by atoms with Crippen LogP contribution in [0.1, 0.15) is 20.3 Å². The second-order valence-corrected chi connectivity index (χ2v) is 3.64. The van der Waals surface area contributed by atoms with Gasteiger partial charge in [-0.1, -0.05) is 11.6 Å². The van der Waals surface area contributed by atoms with Crippen LogP contribution in [0.25, 0.3) is 0 Å². The minimum atomic E-state index is -0.0310. The van der Waals surface area contributed by atoms with Crippen LogP contribution in [-0.2, 0) is 9.53 Å². The van der Waals surface area contributed by atoms with Crippen molar-refractivity contribution in [2.75, 3.05) is 19.8 Å². The molecule has 3 nitrogen and oxygen atoms in total. The summed E-state index contributed by atoms with van der Waals surface area (Å²) in [7, 11) is 0. The quantitative estimate of drug-likeness (QED) is 0.546. The van der Waals surface area contributed by atoms with Crippen LogP contribution < -0.4 is 5.32 Å². The van der Waals surface area contributed by atoms with Crippen molar-refractivity contribution < 1.29 is 9.53 Å². The van der Waals surface area contributed by atoms with Gasteiger partial charge >= 0.3 is 0 Å². The van der Waals surface area contributed by atoms with E-state index in [1.54, 1.807) is 6.08 Å². The maximum atomic E-state index is 11.2. The summed E-state index contributed by atoms with van der Waals surface area (Å²) in [6, 6.07) is 0. The van der Waals surface area contributed by atoms with Gasteiger partial charge in [0.2, 0.25) is 5.91 Å². The number of nitrogens with one attached hydrogen (secondary N) is 1. The molecule has 1 aliphatic rings. The summed E-state index contributed by atoms with van der Waals surface area (Å²) in [6.45, 7) is 5.86. The Kier molecular flexibility index (Phi) is 4.40. The van der Waals surface area contributed by atoms with Crippen molar-refractivity contribution in [1.82, 2.24) is 5.32 Å². The highest BCUT2D eigenvalue weighted by Crippen LogP contribution is 2.03. The monoisotopic (exact) mass is 195 g/mol. The summed E-state index contributed by atoms with van der Waals surface area (Å²) in [5.74, 6) is -0.0310. The molecule has 1 N–H and O–H groups in total. The van der Waals surface area contributed by atoms with E-state index in [4.69, 9.17) is 4.74 Å². The van der Waals surface area contributed by atoms with E-state index in [-0.39, 0.29) is 5.91 Å². The van der Waals surface area contributed by atoms with Crippen molar-refractivity contribution in [3.63, 3.8) is 0 Å². The Labute approximate surface area is 84.8 Å². The molecule has 14 heavy (non-hydrogen) atoms. The molecule has 0 aromatic rings. The van der Waals surface area contributed by atoms with Crippen molar-refractivity contribution in [3.8, 4) is 0 Å². The summed E-state index contributed by atoms with van der Waals surface area (Å²) >= 11 is 0. The van der Waals surface area contributed by atoms with Gasteiger partial charge in [0.25, 0.3) is 0 Å². The molecule has 1 amide bonds. The molecule has 0 unspecified atom stereocenters. The molecular formula is C11H17NO2. The molecular weight excluding hydrogens is 178 g/mol. The summed E-state index contributed by atoms with van der Waals surface area (Å²) in [4.78, 5) is 11.2. The average Bonchev–Trinajstić information content (AvgIpc) is 2.15. The SMILES string of the molecule is CC(C)=CC(=O)NCC1=CCCOC1. The maximum Gasteiger partial charge on any atom is 0.244 e. The van der Waals surface area contributed by atoms with Gasteiger partial charge in [-0.3, -0.25) is 4.79 Å². The van der Waals surface area contributed by atoms with Gasteiger partial charge in [0.1, 0.15) is 0 Å². The van der Waals surface area contributed by atoms with Crippen LogP contribution >= 0.6 is 0 Å². The fraction of sp³-hybridized carbons (Fsp3) is 0.545. The van der Waals surface area contributed by atoms with E-state index >= 15 is 0 Å². The number of allylic oxidation sites excluding steroid dienone is 1. The second kappa shape index (κ2) is 5.60. The van der Waals surface area contributed by atoms with Gasteiger partial charge < -0.3 is 10.1 Å². The van der Waals surface area contributed by atoms with Crippen LogP contribution in [0.15, 0.2) is 23.3 Å². The van der Waals surface area contributed by atoms with Crippen LogP contribution in [0.2, 0.25) is 0 Å². The first-order chi connectivity index (χ1) is 6.68. The first-order valence-electron chi connectivity index (χ1n) is 4.87. The third kappa shape index (κ3) is 4.23. The summed E-state index contributed by atoms with van der Waals surface area (Å²) in [5, 5.41) is 2.82. The summed E-state index contributed by atoms with van der Waals surface area (Å²) in [5.41, 5.74) is 2.17. The third-order valence-electron chi connectivity index (χ3n) is 1.89.